The Balaban J connectivity index is 2.55. The van der Waals surface area contributed by atoms with Gasteiger partial charge >= 0.3 is 0 Å². The Morgan fingerprint density at radius 2 is 2.20 bits per heavy atom. The van der Waals surface area contributed by atoms with Gasteiger partial charge < -0.3 is 16.2 Å². The first-order valence-corrected chi connectivity index (χ1v) is 7.12. The number of hydrogen-bond acceptors (Lipinski definition) is 4. The first-order valence-electron chi connectivity index (χ1n) is 6.75. The van der Waals surface area contributed by atoms with Crippen molar-refractivity contribution in [3.05, 3.63) is 23.2 Å². The molecule has 1 aromatic carbocycles. The van der Waals surface area contributed by atoms with Crippen LogP contribution < -0.4 is 11.1 Å². The molecule has 0 atom stereocenters. The van der Waals surface area contributed by atoms with E-state index in [2.05, 4.69) is 12.2 Å². The van der Waals surface area contributed by atoms with E-state index in [0.29, 0.717) is 22.9 Å². The number of rotatable bonds is 8. The third-order valence-corrected chi connectivity index (χ3v) is 3.13. The van der Waals surface area contributed by atoms with E-state index in [1.54, 1.807) is 18.2 Å². The van der Waals surface area contributed by atoms with Crippen LogP contribution in [0.3, 0.4) is 0 Å². The molecule has 0 radical (unpaired) electrons. The van der Waals surface area contributed by atoms with Crippen LogP contribution in [-0.2, 0) is 4.79 Å². The third kappa shape index (κ3) is 5.77. The Hall–Kier alpha value is -1.30. The van der Waals surface area contributed by atoms with Crippen LogP contribution in [0.4, 0.5) is 11.4 Å². The molecule has 0 saturated heterocycles. The van der Waals surface area contributed by atoms with Gasteiger partial charge in [-0.05, 0) is 31.2 Å². The molecule has 20 heavy (non-hydrogen) atoms. The van der Waals surface area contributed by atoms with Crippen LogP contribution in [0.25, 0.3) is 0 Å². The first-order chi connectivity index (χ1) is 9.56. The molecule has 0 aliphatic carbocycles. The predicted octanol–water partition coefficient (Wildman–Crippen LogP) is 1.96. The van der Waals surface area contributed by atoms with Gasteiger partial charge in [-0.3, -0.25) is 9.69 Å². The summed E-state index contributed by atoms with van der Waals surface area (Å²) in [6.45, 7) is 3.65. The number of nitrogens with two attached hydrogens (primary N) is 1. The highest BCUT2D eigenvalue weighted by molar-refractivity contribution is 6.31. The number of aliphatic hydroxyl groups excluding tert-OH is 1. The molecule has 0 aromatic heterocycles. The van der Waals surface area contributed by atoms with Crippen LogP contribution in [0.5, 0.6) is 0 Å². The van der Waals surface area contributed by atoms with Crippen molar-refractivity contribution in [2.45, 2.75) is 19.8 Å². The molecule has 0 heterocycles. The summed E-state index contributed by atoms with van der Waals surface area (Å²) < 4.78 is 0. The van der Waals surface area contributed by atoms with Crippen molar-refractivity contribution >= 4 is 28.9 Å². The molecule has 0 aliphatic rings. The largest absolute Gasteiger partial charge is 0.397 e. The van der Waals surface area contributed by atoms with Crippen molar-refractivity contribution < 1.29 is 9.90 Å². The molecule has 112 valence electrons. The number of nitrogens with zero attached hydrogens (tertiary/aromatic N) is 1. The Labute approximate surface area is 124 Å². The van der Waals surface area contributed by atoms with Crippen molar-refractivity contribution in [2.75, 3.05) is 37.3 Å². The summed E-state index contributed by atoms with van der Waals surface area (Å²) in [5, 5.41) is 12.3. The average Bonchev–Trinajstić information content (AvgIpc) is 2.39. The minimum absolute atomic E-state index is 0.0417. The SMILES string of the molecule is CCCCN(CCO)CC(=O)Nc1ccc(Cl)cc1N. The lowest BCUT2D eigenvalue weighted by atomic mass is 10.2. The number of nitrogen functional groups attached to an aromatic ring is 1. The third-order valence-electron chi connectivity index (χ3n) is 2.90. The highest BCUT2D eigenvalue weighted by Gasteiger charge is 2.11. The number of unbranched alkanes of at least 4 members (excludes halogenated alkanes) is 1. The monoisotopic (exact) mass is 299 g/mol. The predicted molar refractivity (Wildman–Crippen MR) is 82.9 cm³/mol. The second-order valence-corrected chi connectivity index (χ2v) is 5.07. The smallest absolute Gasteiger partial charge is 0.238 e. The molecule has 1 amide bonds. The summed E-state index contributed by atoms with van der Waals surface area (Å²) in [4.78, 5) is 13.9. The van der Waals surface area contributed by atoms with Crippen molar-refractivity contribution in [1.29, 1.82) is 0 Å². The van der Waals surface area contributed by atoms with Gasteiger partial charge in [0.25, 0.3) is 0 Å². The molecule has 0 saturated carbocycles. The summed E-state index contributed by atoms with van der Waals surface area (Å²) in [5.74, 6) is -0.149. The molecular formula is C14H22ClN3O2. The molecular weight excluding hydrogens is 278 g/mol. The minimum atomic E-state index is -0.149. The molecule has 0 fully saturated rings. The van der Waals surface area contributed by atoms with Gasteiger partial charge in [-0.1, -0.05) is 24.9 Å². The fraction of sp³-hybridized carbons (Fsp3) is 0.500. The summed E-state index contributed by atoms with van der Waals surface area (Å²) in [5.41, 5.74) is 6.78. The maximum absolute atomic E-state index is 12.0. The second-order valence-electron chi connectivity index (χ2n) is 4.63. The second kappa shape index (κ2) is 8.79. The summed E-state index contributed by atoms with van der Waals surface area (Å²) in [7, 11) is 0. The minimum Gasteiger partial charge on any atom is -0.397 e. The lowest BCUT2D eigenvalue weighted by Gasteiger charge is -2.20. The number of hydrogen-bond donors (Lipinski definition) is 3. The number of benzene rings is 1. The van der Waals surface area contributed by atoms with Crippen LogP contribution in [-0.4, -0.2) is 42.2 Å². The zero-order chi connectivity index (χ0) is 15.0. The molecule has 0 unspecified atom stereocenters. The van der Waals surface area contributed by atoms with Crippen LogP contribution in [0, 0.1) is 0 Å². The quantitative estimate of drug-likeness (QED) is 0.641. The van der Waals surface area contributed by atoms with Gasteiger partial charge in [-0.25, -0.2) is 0 Å². The van der Waals surface area contributed by atoms with E-state index in [1.807, 2.05) is 4.90 Å². The number of amides is 1. The van der Waals surface area contributed by atoms with E-state index < -0.39 is 0 Å². The van der Waals surface area contributed by atoms with E-state index in [0.717, 1.165) is 19.4 Å². The molecule has 1 rings (SSSR count). The number of carbonyl (C=O) groups excluding carboxylic acids is 1. The van der Waals surface area contributed by atoms with Gasteiger partial charge in [-0.15, -0.1) is 0 Å². The number of halogens is 1. The average molecular weight is 300 g/mol. The van der Waals surface area contributed by atoms with Gasteiger partial charge in [0.2, 0.25) is 5.91 Å². The van der Waals surface area contributed by atoms with Crippen LogP contribution >= 0.6 is 11.6 Å². The van der Waals surface area contributed by atoms with Crippen molar-refractivity contribution in [3.63, 3.8) is 0 Å². The van der Waals surface area contributed by atoms with E-state index in [4.69, 9.17) is 22.4 Å². The number of aliphatic hydroxyl groups is 1. The van der Waals surface area contributed by atoms with Gasteiger partial charge in [0.05, 0.1) is 24.5 Å². The van der Waals surface area contributed by atoms with Crippen LogP contribution in [0.15, 0.2) is 18.2 Å². The number of nitrogens with one attached hydrogen (secondary N) is 1. The Morgan fingerprint density at radius 3 is 2.80 bits per heavy atom. The molecule has 1 aromatic rings. The zero-order valence-corrected chi connectivity index (χ0v) is 12.5. The molecule has 4 N–H and O–H groups in total. The fourth-order valence-electron chi connectivity index (χ4n) is 1.83. The normalized spacial score (nSPS) is 10.8. The lowest BCUT2D eigenvalue weighted by Crippen LogP contribution is -2.36. The van der Waals surface area contributed by atoms with Gasteiger partial charge in [0.1, 0.15) is 0 Å². The van der Waals surface area contributed by atoms with Crippen molar-refractivity contribution in [2.24, 2.45) is 0 Å². The summed E-state index contributed by atoms with van der Waals surface area (Å²) in [6, 6.07) is 4.95. The standard InChI is InChI=1S/C14H22ClN3O2/c1-2-3-6-18(7-8-19)10-14(20)17-13-5-4-11(15)9-12(13)16/h4-5,9,19H,2-3,6-8,10,16H2,1H3,(H,17,20). The van der Waals surface area contributed by atoms with E-state index >= 15 is 0 Å². The molecule has 0 spiro atoms. The number of carbonyl (C=O) groups is 1. The Morgan fingerprint density at radius 1 is 1.45 bits per heavy atom. The van der Waals surface area contributed by atoms with E-state index in [9.17, 15) is 4.79 Å². The van der Waals surface area contributed by atoms with Crippen LogP contribution in [0.2, 0.25) is 5.02 Å². The van der Waals surface area contributed by atoms with Gasteiger partial charge in [-0.2, -0.15) is 0 Å². The summed E-state index contributed by atoms with van der Waals surface area (Å²) >= 11 is 5.81. The Bertz CT molecular complexity index is 440. The highest BCUT2D eigenvalue weighted by Crippen LogP contribution is 2.22. The van der Waals surface area contributed by atoms with E-state index in [1.165, 1.54) is 0 Å². The highest BCUT2D eigenvalue weighted by atomic mass is 35.5. The zero-order valence-electron chi connectivity index (χ0n) is 11.7. The first kappa shape index (κ1) is 16.8. The van der Waals surface area contributed by atoms with E-state index in [-0.39, 0.29) is 19.1 Å². The van der Waals surface area contributed by atoms with Crippen molar-refractivity contribution in [3.8, 4) is 0 Å². The van der Waals surface area contributed by atoms with Gasteiger partial charge in [0.15, 0.2) is 0 Å². The molecule has 6 heteroatoms. The summed E-state index contributed by atoms with van der Waals surface area (Å²) in [6.07, 6.45) is 2.05. The molecule has 0 bridgehead atoms. The maximum Gasteiger partial charge on any atom is 0.238 e. The topological polar surface area (TPSA) is 78.6 Å². The fourth-order valence-corrected chi connectivity index (χ4v) is 2.01. The molecule has 0 aliphatic heterocycles. The van der Waals surface area contributed by atoms with Gasteiger partial charge in [0, 0.05) is 11.6 Å². The van der Waals surface area contributed by atoms with Crippen molar-refractivity contribution in [1.82, 2.24) is 4.90 Å². The number of anilines is 2. The Kier molecular flexibility index (Phi) is 7.36. The van der Waals surface area contributed by atoms with Crippen LogP contribution in [0.1, 0.15) is 19.8 Å². The molecule has 5 nitrogen and oxygen atoms in total. The maximum atomic E-state index is 12.0. The lowest BCUT2D eigenvalue weighted by molar-refractivity contribution is -0.117.